The van der Waals surface area contributed by atoms with Crippen molar-refractivity contribution in [2.75, 3.05) is 13.7 Å². The summed E-state index contributed by atoms with van der Waals surface area (Å²) in [5, 5.41) is 0. The van der Waals surface area contributed by atoms with Crippen LogP contribution in [0.5, 0.6) is 11.6 Å². The van der Waals surface area contributed by atoms with Gasteiger partial charge in [0.15, 0.2) is 5.75 Å². The Labute approximate surface area is 82.9 Å². The maximum absolute atomic E-state index is 13.1. The van der Waals surface area contributed by atoms with Crippen molar-refractivity contribution < 1.29 is 13.9 Å². The first-order valence-corrected chi connectivity index (χ1v) is 4.53. The number of methoxy groups -OCH3 is 1. The van der Waals surface area contributed by atoms with Gasteiger partial charge in [-0.25, -0.2) is 9.37 Å². The van der Waals surface area contributed by atoms with Crippen molar-refractivity contribution in [1.29, 1.82) is 0 Å². The van der Waals surface area contributed by atoms with Crippen LogP contribution in [0.15, 0.2) is 6.07 Å². The summed E-state index contributed by atoms with van der Waals surface area (Å²) in [7, 11) is 1.46. The third kappa shape index (κ3) is 2.34. The fourth-order valence-electron chi connectivity index (χ4n) is 0.990. The lowest BCUT2D eigenvalue weighted by Crippen LogP contribution is -2.02. The summed E-state index contributed by atoms with van der Waals surface area (Å²) in [5.74, 6) is 0.306. The highest BCUT2D eigenvalue weighted by atomic mass is 19.1. The van der Waals surface area contributed by atoms with Gasteiger partial charge < -0.3 is 9.47 Å². The lowest BCUT2D eigenvalue weighted by molar-refractivity contribution is 0.280. The Bertz CT molecular complexity index is 315. The average molecular weight is 199 g/mol. The Balaban J connectivity index is 2.95. The van der Waals surface area contributed by atoms with Gasteiger partial charge in [0.05, 0.1) is 19.4 Å². The quantitative estimate of drug-likeness (QED) is 0.745. The minimum atomic E-state index is -0.384. The highest BCUT2D eigenvalue weighted by molar-refractivity contribution is 5.35. The van der Waals surface area contributed by atoms with Crippen LogP contribution >= 0.6 is 0 Å². The number of rotatable bonds is 4. The first-order chi connectivity index (χ1) is 6.69. The number of hydrogen-bond donors (Lipinski definition) is 0. The van der Waals surface area contributed by atoms with Gasteiger partial charge in [0.25, 0.3) is 5.88 Å². The molecule has 0 aliphatic heterocycles. The number of aryl methyl sites for hydroxylation is 1. The van der Waals surface area contributed by atoms with Crippen LogP contribution in [-0.4, -0.2) is 18.7 Å². The predicted octanol–water partition coefficient (Wildman–Crippen LogP) is 2.33. The van der Waals surface area contributed by atoms with Crippen LogP contribution in [-0.2, 0) is 0 Å². The molecule has 4 heteroatoms. The van der Waals surface area contributed by atoms with E-state index in [2.05, 4.69) is 4.98 Å². The van der Waals surface area contributed by atoms with Gasteiger partial charge in [-0.3, -0.25) is 0 Å². The molecule has 0 radical (unpaired) electrons. The van der Waals surface area contributed by atoms with E-state index < -0.39 is 0 Å². The third-order valence-electron chi connectivity index (χ3n) is 1.75. The maximum Gasteiger partial charge on any atom is 0.257 e. The van der Waals surface area contributed by atoms with E-state index in [-0.39, 0.29) is 5.82 Å². The topological polar surface area (TPSA) is 31.4 Å². The molecule has 0 amide bonds. The normalized spacial score (nSPS) is 10.0. The second-order valence-corrected chi connectivity index (χ2v) is 2.91. The van der Waals surface area contributed by atoms with Gasteiger partial charge in [-0.15, -0.1) is 0 Å². The van der Waals surface area contributed by atoms with Crippen molar-refractivity contribution in [2.45, 2.75) is 20.3 Å². The molecule has 1 aromatic rings. The SMILES string of the molecule is CCCOc1nc(C)c(F)cc1OC. The predicted molar refractivity (Wildman–Crippen MR) is 51.3 cm³/mol. The highest BCUT2D eigenvalue weighted by Gasteiger charge is 2.10. The molecule has 0 saturated carbocycles. The van der Waals surface area contributed by atoms with Crippen molar-refractivity contribution in [1.82, 2.24) is 4.98 Å². The molecule has 0 spiro atoms. The lowest BCUT2D eigenvalue weighted by atomic mass is 10.3. The van der Waals surface area contributed by atoms with Crippen LogP contribution < -0.4 is 9.47 Å². The average Bonchev–Trinajstić information content (AvgIpc) is 2.19. The van der Waals surface area contributed by atoms with E-state index in [1.54, 1.807) is 6.92 Å². The van der Waals surface area contributed by atoms with Gasteiger partial charge in [0.2, 0.25) is 0 Å². The molecular formula is C10H14FNO2. The van der Waals surface area contributed by atoms with Crippen molar-refractivity contribution in [3.63, 3.8) is 0 Å². The first-order valence-electron chi connectivity index (χ1n) is 4.53. The number of hydrogen-bond acceptors (Lipinski definition) is 3. The summed E-state index contributed by atoms with van der Waals surface area (Å²) < 4.78 is 23.3. The zero-order chi connectivity index (χ0) is 10.6. The van der Waals surface area contributed by atoms with E-state index in [1.807, 2.05) is 6.92 Å². The molecule has 0 aliphatic rings. The van der Waals surface area contributed by atoms with E-state index in [4.69, 9.17) is 9.47 Å². The molecule has 0 fully saturated rings. The lowest BCUT2D eigenvalue weighted by Gasteiger charge is -2.09. The highest BCUT2D eigenvalue weighted by Crippen LogP contribution is 2.26. The Morgan fingerprint density at radius 3 is 2.79 bits per heavy atom. The standard InChI is InChI=1S/C10H14FNO2/c1-4-5-14-10-9(13-3)6-8(11)7(2)12-10/h6H,4-5H2,1-3H3. The number of halogens is 1. The molecule has 0 bridgehead atoms. The monoisotopic (exact) mass is 199 g/mol. The van der Waals surface area contributed by atoms with Crippen molar-refractivity contribution in [2.24, 2.45) is 0 Å². The van der Waals surface area contributed by atoms with Crippen LogP contribution in [0.2, 0.25) is 0 Å². The van der Waals surface area contributed by atoms with Gasteiger partial charge in [-0.05, 0) is 13.3 Å². The van der Waals surface area contributed by atoms with Crippen LogP contribution in [0.3, 0.4) is 0 Å². The van der Waals surface area contributed by atoms with Gasteiger partial charge in [-0.1, -0.05) is 6.92 Å². The molecule has 0 N–H and O–H groups in total. The number of pyridine rings is 1. The van der Waals surface area contributed by atoms with Gasteiger partial charge in [-0.2, -0.15) is 0 Å². The maximum atomic E-state index is 13.1. The summed E-state index contributed by atoms with van der Waals surface area (Å²) in [6.45, 7) is 4.13. The van der Waals surface area contributed by atoms with Crippen LogP contribution in [0.4, 0.5) is 4.39 Å². The third-order valence-corrected chi connectivity index (χ3v) is 1.75. The van der Waals surface area contributed by atoms with Crippen molar-refractivity contribution in [3.8, 4) is 11.6 Å². The summed E-state index contributed by atoms with van der Waals surface area (Å²) >= 11 is 0. The minimum Gasteiger partial charge on any atom is -0.491 e. The molecule has 1 aromatic heterocycles. The Morgan fingerprint density at radius 2 is 2.21 bits per heavy atom. The number of ether oxygens (including phenoxy) is 2. The fraction of sp³-hybridized carbons (Fsp3) is 0.500. The van der Waals surface area contributed by atoms with E-state index in [1.165, 1.54) is 13.2 Å². The molecule has 0 aromatic carbocycles. The Hall–Kier alpha value is -1.32. The van der Waals surface area contributed by atoms with Gasteiger partial charge in [0.1, 0.15) is 5.82 Å². The Morgan fingerprint density at radius 1 is 1.50 bits per heavy atom. The van der Waals surface area contributed by atoms with Crippen LogP contribution in [0.1, 0.15) is 19.0 Å². The first kappa shape index (κ1) is 10.8. The zero-order valence-electron chi connectivity index (χ0n) is 8.63. The second-order valence-electron chi connectivity index (χ2n) is 2.91. The van der Waals surface area contributed by atoms with Crippen LogP contribution in [0.25, 0.3) is 0 Å². The molecule has 0 aliphatic carbocycles. The van der Waals surface area contributed by atoms with Gasteiger partial charge in [0, 0.05) is 6.07 Å². The molecule has 0 atom stereocenters. The molecule has 0 saturated heterocycles. The molecule has 1 heterocycles. The minimum absolute atomic E-state index is 0.317. The fourth-order valence-corrected chi connectivity index (χ4v) is 0.990. The summed E-state index contributed by atoms with van der Waals surface area (Å²) in [5.41, 5.74) is 0.317. The summed E-state index contributed by atoms with van der Waals surface area (Å²) in [6.07, 6.45) is 0.876. The summed E-state index contributed by atoms with van der Waals surface area (Å²) in [6, 6.07) is 1.29. The molecule has 14 heavy (non-hydrogen) atoms. The van der Waals surface area contributed by atoms with Crippen molar-refractivity contribution in [3.05, 3.63) is 17.6 Å². The second kappa shape index (κ2) is 4.79. The van der Waals surface area contributed by atoms with Crippen LogP contribution in [0, 0.1) is 12.7 Å². The molecule has 78 valence electrons. The molecule has 3 nitrogen and oxygen atoms in total. The number of aromatic nitrogens is 1. The Kier molecular flexibility index (Phi) is 3.68. The van der Waals surface area contributed by atoms with E-state index in [9.17, 15) is 4.39 Å². The van der Waals surface area contributed by atoms with E-state index in [0.717, 1.165) is 6.42 Å². The molecule has 1 rings (SSSR count). The van der Waals surface area contributed by atoms with E-state index in [0.29, 0.717) is 23.9 Å². The van der Waals surface area contributed by atoms with Gasteiger partial charge >= 0.3 is 0 Å². The molecule has 0 unspecified atom stereocenters. The number of nitrogens with zero attached hydrogens (tertiary/aromatic N) is 1. The smallest absolute Gasteiger partial charge is 0.257 e. The zero-order valence-corrected chi connectivity index (χ0v) is 8.63. The molecular weight excluding hydrogens is 185 g/mol. The summed E-state index contributed by atoms with van der Waals surface area (Å²) in [4.78, 5) is 3.96. The van der Waals surface area contributed by atoms with E-state index >= 15 is 0 Å². The van der Waals surface area contributed by atoms with Crippen molar-refractivity contribution >= 4 is 0 Å². The largest absolute Gasteiger partial charge is 0.491 e.